The fraction of sp³-hybridized carbons (Fsp3) is 0.100. The second-order valence-corrected chi connectivity index (χ2v) is 5.21. The summed E-state index contributed by atoms with van der Waals surface area (Å²) in [4.78, 5) is 5.08. The molecule has 0 bridgehead atoms. The van der Waals surface area contributed by atoms with E-state index in [1.54, 1.807) is 24.5 Å². The number of aromatic nitrogens is 3. The van der Waals surface area contributed by atoms with E-state index in [0.29, 0.717) is 11.8 Å². The predicted molar refractivity (Wildman–Crippen MR) is 65.3 cm³/mol. The number of hydrogen-bond acceptors (Lipinski definition) is 5. The number of nitrogens with zero attached hydrogens (tertiary/aromatic N) is 3. The standard InChI is InChI=1S/C10H6BrN3OS/c1-5-13-14-10(15-5)8-2-6-7(11)3-12-4-9(6)16-8/h2-4H,1H3. The molecule has 6 heteroatoms. The minimum absolute atomic E-state index is 0.561. The third-order valence-electron chi connectivity index (χ3n) is 2.13. The van der Waals surface area contributed by atoms with Gasteiger partial charge in [0.15, 0.2) is 0 Å². The molecule has 0 N–H and O–H groups in total. The van der Waals surface area contributed by atoms with Crippen LogP contribution in [0.4, 0.5) is 0 Å². The van der Waals surface area contributed by atoms with Gasteiger partial charge in [-0.05, 0) is 22.0 Å². The topological polar surface area (TPSA) is 51.8 Å². The summed E-state index contributed by atoms with van der Waals surface area (Å²) in [6.07, 6.45) is 3.61. The van der Waals surface area contributed by atoms with Gasteiger partial charge in [0, 0.05) is 29.2 Å². The van der Waals surface area contributed by atoms with Crippen molar-refractivity contribution < 1.29 is 4.42 Å². The molecule has 0 fully saturated rings. The highest BCUT2D eigenvalue weighted by atomic mass is 79.9. The zero-order chi connectivity index (χ0) is 11.1. The Morgan fingerprint density at radius 3 is 2.88 bits per heavy atom. The van der Waals surface area contributed by atoms with Crippen molar-refractivity contribution in [2.45, 2.75) is 6.92 Å². The van der Waals surface area contributed by atoms with Crippen LogP contribution >= 0.6 is 27.3 Å². The first-order valence-corrected chi connectivity index (χ1v) is 6.18. The van der Waals surface area contributed by atoms with Gasteiger partial charge in [0.1, 0.15) is 0 Å². The molecule has 16 heavy (non-hydrogen) atoms. The molecule has 80 valence electrons. The third kappa shape index (κ3) is 1.54. The SMILES string of the molecule is Cc1nnc(-c2cc3c(Br)cncc3s2)o1. The number of fused-ring (bicyclic) bond motifs is 1. The smallest absolute Gasteiger partial charge is 0.257 e. The highest BCUT2D eigenvalue weighted by Crippen LogP contribution is 2.35. The van der Waals surface area contributed by atoms with Gasteiger partial charge in [-0.2, -0.15) is 0 Å². The van der Waals surface area contributed by atoms with Crippen molar-refractivity contribution in [3.05, 3.63) is 28.8 Å². The van der Waals surface area contributed by atoms with Gasteiger partial charge in [-0.1, -0.05) is 0 Å². The number of rotatable bonds is 1. The van der Waals surface area contributed by atoms with E-state index in [9.17, 15) is 0 Å². The molecule has 3 aromatic rings. The first-order valence-electron chi connectivity index (χ1n) is 4.57. The Labute approximate surface area is 103 Å². The second-order valence-electron chi connectivity index (χ2n) is 3.27. The molecule has 0 aliphatic carbocycles. The lowest BCUT2D eigenvalue weighted by Gasteiger charge is -1.89. The van der Waals surface area contributed by atoms with Crippen LogP contribution in [0.2, 0.25) is 0 Å². The molecule has 0 radical (unpaired) electrons. The molecule has 0 aliphatic heterocycles. The van der Waals surface area contributed by atoms with Crippen LogP contribution < -0.4 is 0 Å². The lowest BCUT2D eigenvalue weighted by molar-refractivity contribution is 0.534. The first kappa shape index (κ1) is 9.92. The highest BCUT2D eigenvalue weighted by molar-refractivity contribution is 9.10. The fourth-order valence-electron chi connectivity index (χ4n) is 1.43. The van der Waals surface area contributed by atoms with Crippen molar-refractivity contribution in [3.8, 4) is 10.8 Å². The summed E-state index contributed by atoms with van der Waals surface area (Å²) < 4.78 is 7.46. The number of hydrogen-bond donors (Lipinski definition) is 0. The van der Waals surface area contributed by atoms with Crippen LogP contribution in [0.1, 0.15) is 5.89 Å². The van der Waals surface area contributed by atoms with Crippen molar-refractivity contribution in [1.82, 2.24) is 15.2 Å². The average molecular weight is 296 g/mol. The largest absolute Gasteiger partial charge is 0.420 e. The Bertz CT molecular complexity index is 661. The third-order valence-corrected chi connectivity index (χ3v) is 3.82. The van der Waals surface area contributed by atoms with E-state index < -0.39 is 0 Å². The fourth-order valence-corrected chi connectivity index (χ4v) is 2.98. The Kier molecular flexibility index (Phi) is 2.26. The predicted octanol–water partition coefficient (Wildman–Crippen LogP) is 3.42. The van der Waals surface area contributed by atoms with Crippen LogP contribution in [-0.4, -0.2) is 15.2 Å². The van der Waals surface area contributed by atoms with E-state index in [1.807, 2.05) is 12.3 Å². The molecule has 0 atom stereocenters. The van der Waals surface area contributed by atoms with Gasteiger partial charge < -0.3 is 4.42 Å². The van der Waals surface area contributed by atoms with Gasteiger partial charge in [0.05, 0.1) is 9.58 Å². The molecule has 4 nitrogen and oxygen atoms in total. The molecule has 0 unspecified atom stereocenters. The molecule has 0 amide bonds. The van der Waals surface area contributed by atoms with E-state index >= 15 is 0 Å². The minimum atomic E-state index is 0.561. The van der Waals surface area contributed by atoms with Gasteiger partial charge >= 0.3 is 0 Å². The van der Waals surface area contributed by atoms with E-state index in [2.05, 4.69) is 31.1 Å². The Hall–Kier alpha value is -1.27. The molecule has 3 aromatic heterocycles. The maximum Gasteiger partial charge on any atom is 0.257 e. The van der Waals surface area contributed by atoms with E-state index in [4.69, 9.17) is 4.42 Å². The van der Waals surface area contributed by atoms with Gasteiger partial charge in [-0.15, -0.1) is 21.5 Å². The molecule has 0 aromatic carbocycles. The minimum Gasteiger partial charge on any atom is -0.420 e. The van der Waals surface area contributed by atoms with Gasteiger partial charge in [0.2, 0.25) is 5.89 Å². The molecule has 3 rings (SSSR count). The molecule has 0 spiro atoms. The second kappa shape index (κ2) is 3.64. The maximum atomic E-state index is 5.39. The van der Waals surface area contributed by atoms with Gasteiger partial charge in [-0.3, -0.25) is 4.98 Å². The summed E-state index contributed by atoms with van der Waals surface area (Å²) >= 11 is 5.05. The number of thiophene rings is 1. The summed E-state index contributed by atoms with van der Waals surface area (Å²) in [5, 5.41) is 8.93. The van der Waals surface area contributed by atoms with E-state index in [0.717, 1.165) is 19.4 Å². The van der Waals surface area contributed by atoms with Crippen LogP contribution in [-0.2, 0) is 0 Å². The maximum absolute atomic E-state index is 5.39. The summed E-state index contributed by atoms with van der Waals surface area (Å²) in [7, 11) is 0. The number of aryl methyl sites for hydroxylation is 1. The summed E-state index contributed by atoms with van der Waals surface area (Å²) in [5.41, 5.74) is 0. The lowest BCUT2D eigenvalue weighted by Crippen LogP contribution is -1.71. The normalized spacial score (nSPS) is 11.1. The van der Waals surface area contributed by atoms with Crippen molar-refractivity contribution in [2.24, 2.45) is 0 Å². The van der Waals surface area contributed by atoms with Crippen LogP contribution in [0.15, 0.2) is 27.3 Å². The summed E-state index contributed by atoms with van der Waals surface area (Å²) in [6.45, 7) is 1.78. The molecular weight excluding hydrogens is 290 g/mol. The molecule has 0 aliphatic rings. The first-order chi connectivity index (χ1) is 7.74. The zero-order valence-electron chi connectivity index (χ0n) is 8.27. The van der Waals surface area contributed by atoms with E-state index in [1.165, 1.54) is 0 Å². The summed E-state index contributed by atoms with van der Waals surface area (Å²) in [6, 6.07) is 2.03. The zero-order valence-corrected chi connectivity index (χ0v) is 10.7. The van der Waals surface area contributed by atoms with Crippen LogP contribution in [0, 0.1) is 6.92 Å². The number of halogens is 1. The van der Waals surface area contributed by atoms with Gasteiger partial charge in [-0.25, -0.2) is 0 Å². The molecular formula is C10H6BrN3OS. The highest BCUT2D eigenvalue weighted by Gasteiger charge is 2.11. The van der Waals surface area contributed by atoms with Crippen molar-refractivity contribution in [3.63, 3.8) is 0 Å². The van der Waals surface area contributed by atoms with Crippen LogP contribution in [0.3, 0.4) is 0 Å². The number of pyridine rings is 1. The van der Waals surface area contributed by atoms with Crippen LogP contribution in [0.5, 0.6) is 0 Å². The van der Waals surface area contributed by atoms with Crippen LogP contribution in [0.25, 0.3) is 20.9 Å². The monoisotopic (exact) mass is 295 g/mol. The van der Waals surface area contributed by atoms with Gasteiger partial charge in [0.25, 0.3) is 5.89 Å². The van der Waals surface area contributed by atoms with Crippen molar-refractivity contribution in [1.29, 1.82) is 0 Å². The van der Waals surface area contributed by atoms with Crippen molar-refractivity contribution >= 4 is 37.4 Å². The lowest BCUT2D eigenvalue weighted by atomic mass is 10.3. The quantitative estimate of drug-likeness (QED) is 0.690. The Morgan fingerprint density at radius 2 is 2.19 bits per heavy atom. The van der Waals surface area contributed by atoms with Crippen molar-refractivity contribution in [2.75, 3.05) is 0 Å². The average Bonchev–Trinajstić information content (AvgIpc) is 2.84. The molecule has 0 saturated heterocycles. The summed E-state index contributed by atoms with van der Waals surface area (Å²) in [5.74, 6) is 1.13. The Morgan fingerprint density at radius 1 is 1.31 bits per heavy atom. The molecule has 3 heterocycles. The molecule has 0 saturated carbocycles. The Balaban J connectivity index is 2.22. The van der Waals surface area contributed by atoms with E-state index in [-0.39, 0.29) is 0 Å².